The van der Waals surface area contributed by atoms with E-state index in [1.165, 1.54) is 0 Å². The molecule has 0 N–H and O–H groups in total. The van der Waals surface area contributed by atoms with Gasteiger partial charge in [-0.2, -0.15) is 0 Å². The molecular formula is C8H9F3. The zero-order valence-electron chi connectivity index (χ0n) is 6.20. The summed E-state index contributed by atoms with van der Waals surface area (Å²) in [5, 5.41) is 0. The van der Waals surface area contributed by atoms with E-state index in [-0.39, 0.29) is 6.42 Å². The Balaban J connectivity index is 2.87. The third kappa shape index (κ3) is 2.10. The summed E-state index contributed by atoms with van der Waals surface area (Å²) in [6.07, 6.45) is -0.533. The summed E-state index contributed by atoms with van der Waals surface area (Å²) >= 11 is 0. The third-order valence-corrected chi connectivity index (χ3v) is 1.58. The maximum atomic E-state index is 12.6. The van der Waals surface area contributed by atoms with Crippen LogP contribution in [0.5, 0.6) is 0 Å². The van der Waals surface area contributed by atoms with Gasteiger partial charge in [-0.15, -0.1) is 0 Å². The Hall–Kier alpha value is -0.730. The lowest BCUT2D eigenvalue weighted by Crippen LogP contribution is -1.98. The van der Waals surface area contributed by atoms with Crippen LogP contribution in [0.2, 0.25) is 0 Å². The van der Waals surface area contributed by atoms with Crippen molar-refractivity contribution in [2.24, 2.45) is 0 Å². The van der Waals surface area contributed by atoms with Crippen LogP contribution in [-0.2, 0) is 0 Å². The molecule has 0 fully saturated rings. The fourth-order valence-electron chi connectivity index (χ4n) is 1.07. The average molecular weight is 162 g/mol. The number of hydrogen-bond acceptors (Lipinski definition) is 0. The summed E-state index contributed by atoms with van der Waals surface area (Å²) in [5.41, 5.74) is 0.544. The van der Waals surface area contributed by atoms with Crippen LogP contribution in [0.3, 0.4) is 0 Å². The highest BCUT2D eigenvalue weighted by Crippen LogP contribution is 2.26. The SMILES string of the molecule is CC1=CC(F)=C(F)CC(F)C1. The molecule has 0 saturated carbocycles. The topological polar surface area (TPSA) is 0 Å². The van der Waals surface area contributed by atoms with Crippen LogP contribution in [0.1, 0.15) is 19.8 Å². The van der Waals surface area contributed by atoms with Crippen molar-refractivity contribution >= 4 is 0 Å². The van der Waals surface area contributed by atoms with Crippen molar-refractivity contribution in [1.29, 1.82) is 0 Å². The molecular weight excluding hydrogens is 153 g/mol. The van der Waals surface area contributed by atoms with E-state index in [2.05, 4.69) is 0 Å². The van der Waals surface area contributed by atoms with Gasteiger partial charge in [0.25, 0.3) is 0 Å². The van der Waals surface area contributed by atoms with E-state index in [1.807, 2.05) is 0 Å². The van der Waals surface area contributed by atoms with Crippen molar-refractivity contribution < 1.29 is 13.2 Å². The average Bonchev–Trinajstić information content (AvgIpc) is 1.93. The second kappa shape index (κ2) is 3.11. The molecule has 11 heavy (non-hydrogen) atoms. The summed E-state index contributed by atoms with van der Waals surface area (Å²) in [6, 6.07) is 0. The minimum atomic E-state index is -1.28. The number of hydrogen-bond donors (Lipinski definition) is 0. The zero-order chi connectivity index (χ0) is 8.43. The highest BCUT2D eigenvalue weighted by atomic mass is 19.2. The molecule has 0 aromatic rings. The Morgan fingerprint density at radius 3 is 2.64 bits per heavy atom. The fourth-order valence-corrected chi connectivity index (χ4v) is 1.07. The van der Waals surface area contributed by atoms with Gasteiger partial charge in [0.05, 0.1) is 0 Å². The maximum absolute atomic E-state index is 12.6. The van der Waals surface area contributed by atoms with Gasteiger partial charge >= 0.3 is 0 Å². The van der Waals surface area contributed by atoms with Crippen molar-refractivity contribution in [2.75, 3.05) is 0 Å². The lowest BCUT2D eigenvalue weighted by Gasteiger charge is -2.01. The Labute approximate surface area is 63.4 Å². The van der Waals surface area contributed by atoms with Gasteiger partial charge < -0.3 is 0 Å². The van der Waals surface area contributed by atoms with Gasteiger partial charge in [0.15, 0.2) is 5.83 Å². The first kappa shape index (κ1) is 8.37. The van der Waals surface area contributed by atoms with Crippen molar-refractivity contribution in [1.82, 2.24) is 0 Å². The molecule has 1 aliphatic rings. The number of rotatable bonds is 0. The molecule has 1 atom stereocenters. The molecule has 0 aromatic carbocycles. The minimum Gasteiger partial charge on any atom is -0.247 e. The summed E-state index contributed by atoms with van der Waals surface area (Å²) in [5.74, 6) is -1.91. The molecule has 0 spiro atoms. The molecule has 0 radical (unpaired) electrons. The van der Waals surface area contributed by atoms with Crippen LogP contribution < -0.4 is 0 Å². The Bertz CT molecular complexity index is 215. The first-order valence-electron chi connectivity index (χ1n) is 3.45. The molecule has 0 aromatic heterocycles. The highest BCUT2D eigenvalue weighted by Gasteiger charge is 2.17. The normalized spacial score (nSPS) is 26.5. The van der Waals surface area contributed by atoms with Crippen LogP contribution in [0, 0.1) is 0 Å². The van der Waals surface area contributed by atoms with E-state index in [4.69, 9.17) is 0 Å². The van der Waals surface area contributed by atoms with Gasteiger partial charge in [-0.05, 0) is 13.0 Å². The smallest absolute Gasteiger partial charge is 0.154 e. The number of halogens is 3. The maximum Gasteiger partial charge on any atom is 0.154 e. The second-order valence-electron chi connectivity index (χ2n) is 2.75. The van der Waals surface area contributed by atoms with Crippen molar-refractivity contribution in [3.05, 3.63) is 23.3 Å². The molecule has 1 rings (SSSR count). The van der Waals surface area contributed by atoms with Gasteiger partial charge in [-0.25, -0.2) is 13.2 Å². The summed E-state index contributed by atoms with van der Waals surface area (Å²) in [4.78, 5) is 0. The monoisotopic (exact) mass is 162 g/mol. The van der Waals surface area contributed by atoms with Crippen LogP contribution in [-0.4, -0.2) is 6.17 Å². The van der Waals surface area contributed by atoms with E-state index in [9.17, 15) is 13.2 Å². The van der Waals surface area contributed by atoms with Crippen LogP contribution in [0.15, 0.2) is 23.3 Å². The van der Waals surface area contributed by atoms with Gasteiger partial charge in [0.2, 0.25) is 0 Å². The largest absolute Gasteiger partial charge is 0.247 e. The van der Waals surface area contributed by atoms with Gasteiger partial charge in [0.1, 0.15) is 12.0 Å². The molecule has 0 saturated heterocycles. The first-order valence-corrected chi connectivity index (χ1v) is 3.45. The fraction of sp³-hybridized carbons (Fsp3) is 0.500. The van der Waals surface area contributed by atoms with Gasteiger partial charge in [0, 0.05) is 12.8 Å². The molecule has 62 valence electrons. The van der Waals surface area contributed by atoms with Crippen LogP contribution in [0.4, 0.5) is 13.2 Å². The van der Waals surface area contributed by atoms with Crippen molar-refractivity contribution in [2.45, 2.75) is 25.9 Å². The Morgan fingerprint density at radius 1 is 1.36 bits per heavy atom. The summed E-state index contributed by atoms with van der Waals surface area (Å²) in [7, 11) is 0. The molecule has 1 aliphatic carbocycles. The predicted octanol–water partition coefficient (Wildman–Crippen LogP) is 3.22. The molecule has 0 aliphatic heterocycles. The van der Waals surface area contributed by atoms with Crippen LogP contribution in [0.25, 0.3) is 0 Å². The zero-order valence-corrected chi connectivity index (χ0v) is 6.20. The van der Waals surface area contributed by atoms with E-state index in [0.717, 1.165) is 6.08 Å². The van der Waals surface area contributed by atoms with Crippen molar-refractivity contribution in [3.63, 3.8) is 0 Å². The lowest BCUT2D eigenvalue weighted by atomic mass is 10.1. The second-order valence-corrected chi connectivity index (χ2v) is 2.75. The molecule has 0 amide bonds. The molecule has 3 heteroatoms. The number of alkyl halides is 1. The molecule has 0 heterocycles. The van der Waals surface area contributed by atoms with E-state index >= 15 is 0 Å². The highest BCUT2D eigenvalue weighted by molar-refractivity contribution is 5.23. The Morgan fingerprint density at radius 2 is 2.00 bits per heavy atom. The third-order valence-electron chi connectivity index (χ3n) is 1.58. The molecule has 0 nitrogen and oxygen atoms in total. The van der Waals surface area contributed by atoms with Crippen LogP contribution >= 0.6 is 0 Å². The standard InChI is InChI=1S/C8H9F3/c1-5-2-6(9)4-8(11)7(10)3-5/h3,6H,2,4H2,1H3. The molecule has 0 bridgehead atoms. The van der Waals surface area contributed by atoms with Crippen molar-refractivity contribution in [3.8, 4) is 0 Å². The van der Waals surface area contributed by atoms with Gasteiger partial charge in [-0.3, -0.25) is 0 Å². The summed E-state index contributed by atoms with van der Waals surface area (Å²) < 4.78 is 37.6. The van der Waals surface area contributed by atoms with E-state index < -0.39 is 24.2 Å². The summed E-state index contributed by atoms with van der Waals surface area (Å²) in [6.45, 7) is 1.59. The van der Waals surface area contributed by atoms with E-state index in [0.29, 0.717) is 5.57 Å². The quantitative estimate of drug-likeness (QED) is 0.513. The minimum absolute atomic E-state index is 0.126. The first-order chi connectivity index (χ1) is 5.09. The number of allylic oxidation sites excluding steroid dienone is 4. The van der Waals surface area contributed by atoms with E-state index in [1.54, 1.807) is 6.92 Å². The molecule has 1 unspecified atom stereocenters. The Kier molecular flexibility index (Phi) is 2.37. The van der Waals surface area contributed by atoms with Gasteiger partial charge in [-0.1, -0.05) is 5.57 Å². The predicted molar refractivity (Wildman–Crippen MR) is 37.1 cm³/mol. The lowest BCUT2D eigenvalue weighted by molar-refractivity contribution is 0.310.